The molecule has 0 spiro atoms. The van der Waals surface area contributed by atoms with Crippen molar-refractivity contribution in [3.8, 4) is 6.07 Å². The first-order valence-electron chi connectivity index (χ1n) is 6.03. The number of hydrogen-bond acceptors (Lipinski definition) is 1. The molecule has 18 heavy (non-hydrogen) atoms. The average Bonchev–Trinajstić information content (AvgIpc) is 2.38. The van der Waals surface area contributed by atoms with Crippen LogP contribution >= 0.6 is 0 Å². The van der Waals surface area contributed by atoms with Crippen molar-refractivity contribution in [1.29, 1.82) is 5.26 Å². The normalized spacial score (nSPS) is 10.7. The lowest BCUT2D eigenvalue weighted by atomic mass is 9.95. The van der Waals surface area contributed by atoms with E-state index in [-0.39, 0.29) is 0 Å². The Bertz CT molecular complexity index is 807. The Morgan fingerprint density at radius 2 is 1.61 bits per heavy atom. The van der Waals surface area contributed by atoms with E-state index in [1.165, 1.54) is 27.3 Å². The second-order valence-electron chi connectivity index (χ2n) is 4.74. The van der Waals surface area contributed by atoms with Crippen LogP contribution in [0.2, 0.25) is 0 Å². The summed E-state index contributed by atoms with van der Waals surface area (Å²) in [5, 5.41) is 13.9. The third-order valence-electron chi connectivity index (χ3n) is 3.57. The molecule has 3 aromatic rings. The van der Waals surface area contributed by atoms with Gasteiger partial charge in [-0.1, -0.05) is 24.3 Å². The Labute approximate surface area is 106 Å². The highest BCUT2D eigenvalue weighted by Gasteiger charge is 2.06. The third-order valence-corrected chi connectivity index (χ3v) is 3.57. The molecule has 0 aliphatic rings. The van der Waals surface area contributed by atoms with Gasteiger partial charge in [0.25, 0.3) is 0 Å². The lowest BCUT2D eigenvalue weighted by molar-refractivity contribution is 1.47. The number of nitrogens with zero attached hydrogens (tertiary/aromatic N) is 1. The van der Waals surface area contributed by atoms with E-state index in [0.717, 1.165) is 10.9 Å². The summed E-state index contributed by atoms with van der Waals surface area (Å²) in [6.45, 7) is 4.21. The van der Waals surface area contributed by atoms with Gasteiger partial charge < -0.3 is 0 Å². The van der Waals surface area contributed by atoms with Gasteiger partial charge in [0.2, 0.25) is 0 Å². The molecule has 0 unspecified atom stereocenters. The van der Waals surface area contributed by atoms with E-state index in [1.54, 1.807) is 0 Å². The number of rotatable bonds is 0. The molecule has 1 heteroatoms. The van der Waals surface area contributed by atoms with Gasteiger partial charge in [-0.15, -0.1) is 0 Å². The van der Waals surface area contributed by atoms with Crippen molar-refractivity contribution in [3.05, 3.63) is 59.2 Å². The van der Waals surface area contributed by atoms with Crippen LogP contribution in [-0.4, -0.2) is 0 Å². The molecule has 0 bridgehead atoms. The predicted molar refractivity (Wildman–Crippen MR) is 75.6 cm³/mol. The Morgan fingerprint density at radius 3 is 2.39 bits per heavy atom. The molecule has 3 aromatic carbocycles. The van der Waals surface area contributed by atoms with Gasteiger partial charge in [0.15, 0.2) is 0 Å². The number of nitriles is 1. The van der Waals surface area contributed by atoms with Crippen LogP contribution in [0.25, 0.3) is 21.5 Å². The fraction of sp³-hybridized carbons (Fsp3) is 0.118. The molecule has 0 aliphatic heterocycles. The summed E-state index contributed by atoms with van der Waals surface area (Å²) in [4.78, 5) is 0. The van der Waals surface area contributed by atoms with Crippen LogP contribution in [0, 0.1) is 25.2 Å². The van der Waals surface area contributed by atoms with Crippen LogP contribution in [0.15, 0.2) is 42.5 Å². The van der Waals surface area contributed by atoms with Crippen molar-refractivity contribution < 1.29 is 0 Å². The van der Waals surface area contributed by atoms with Crippen molar-refractivity contribution in [2.75, 3.05) is 0 Å². The molecule has 86 valence electrons. The largest absolute Gasteiger partial charge is 0.192 e. The first-order valence-corrected chi connectivity index (χ1v) is 6.03. The maximum absolute atomic E-state index is 9.20. The predicted octanol–water partition coefficient (Wildman–Crippen LogP) is 4.48. The van der Waals surface area contributed by atoms with Crippen molar-refractivity contribution in [1.82, 2.24) is 0 Å². The molecule has 0 fully saturated rings. The topological polar surface area (TPSA) is 23.8 Å². The van der Waals surface area contributed by atoms with E-state index in [4.69, 9.17) is 0 Å². The molecule has 0 amide bonds. The number of hydrogen-bond donors (Lipinski definition) is 0. The van der Waals surface area contributed by atoms with Crippen LogP contribution in [0.5, 0.6) is 0 Å². The van der Waals surface area contributed by atoms with E-state index in [9.17, 15) is 5.26 Å². The van der Waals surface area contributed by atoms with Crippen molar-refractivity contribution in [2.45, 2.75) is 13.8 Å². The molecule has 0 aliphatic carbocycles. The van der Waals surface area contributed by atoms with E-state index < -0.39 is 0 Å². The van der Waals surface area contributed by atoms with Gasteiger partial charge in [-0.2, -0.15) is 5.26 Å². The molecule has 0 atom stereocenters. The molecule has 0 saturated carbocycles. The highest BCUT2D eigenvalue weighted by Crippen LogP contribution is 2.29. The smallest absolute Gasteiger partial charge is 0.0998 e. The highest BCUT2D eigenvalue weighted by atomic mass is 14.2. The van der Waals surface area contributed by atoms with Gasteiger partial charge in [-0.3, -0.25) is 0 Å². The van der Waals surface area contributed by atoms with E-state index >= 15 is 0 Å². The number of aryl methyl sites for hydroxylation is 2. The van der Waals surface area contributed by atoms with Crippen LogP contribution in [0.1, 0.15) is 16.7 Å². The molecule has 0 N–H and O–H groups in total. The fourth-order valence-corrected chi connectivity index (χ4v) is 2.52. The zero-order chi connectivity index (χ0) is 12.7. The lowest BCUT2D eigenvalue weighted by Gasteiger charge is -2.08. The molecule has 0 radical (unpaired) electrons. The van der Waals surface area contributed by atoms with Gasteiger partial charge in [-0.25, -0.2) is 0 Å². The number of fused-ring (bicyclic) bond motifs is 2. The molecule has 0 heterocycles. The van der Waals surface area contributed by atoms with Gasteiger partial charge in [-0.05, 0) is 59.3 Å². The van der Waals surface area contributed by atoms with Crippen LogP contribution in [0.3, 0.4) is 0 Å². The third kappa shape index (κ3) is 1.47. The molecule has 3 rings (SSSR count). The minimum Gasteiger partial charge on any atom is -0.192 e. The van der Waals surface area contributed by atoms with Gasteiger partial charge in [0.1, 0.15) is 0 Å². The van der Waals surface area contributed by atoms with Crippen LogP contribution < -0.4 is 0 Å². The summed E-state index contributed by atoms with van der Waals surface area (Å²) in [5.74, 6) is 0. The maximum Gasteiger partial charge on any atom is 0.0998 e. The monoisotopic (exact) mass is 231 g/mol. The van der Waals surface area contributed by atoms with Gasteiger partial charge in [0.05, 0.1) is 11.6 Å². The second-order valence-corrected chi connectivity index (χ2v) is 4.74. The first-order chi connectivity index (χ1) is 8.70. The summed E-state index contributed by atoms with van der Waals surface area (Å²) in [5.41, 5.74) is 3.24. The molecular formula is C17H13N. The van der Waals surface area contributed by atoms with E-state index in [2.05, 4.69) is 50.2 Å². The fourth-order valence-electron chi connectivity index (χ4n) is 2.52. The summed E-state index contributed by atoms with van der Waals surface area (Å²) >= 11 is 0. The number of benzene rings is 3. The zero-order valence-corrected chi connectivity index (χ0v) is 10.5. The quantitative estimate of drug-likeness (QED) is 0.523. The summed E-state index contributed by atoms with van der Waals surface area (Å²) in [7, 11) is 0. The first kappa shape index (κ1) is 10.8. The minimum absolute atomic E-state index is 0.749. The van der Waals surface area contributed by atoms with E-state index in [0.29, 0.717) is 0 Å². The van der Waals surface area contributed by atoms with Crippen LogP contribution in [-0.2, 0) is 0 Å². The maximum atomic E-state index is 9.20. The standard InChI is InChI=1S/C17H13N/c1-11-4-3-5-13-8-17-14(10-18)7-6-12(2)16(17)9-15(11)13/h3-9H,1-2H3. The Balaban J connectivity index is 2.57. The summed E-state index contributed by atoms with van der Waals surface area (Å²) in [6.07, 6.45) is 0. The Kier molecular flexibility index (Phi) is 2.31. The second kappa shape index (κ2) is 3.85. The average molecular weight is 231 g/mol. The molecular weight excluding hydrogens is 218 g/mol. The van der Waals surface area contributed by atoms with Crippen molar-refractivity contribution in [3.63, 3.8) is 0 Å². The highest BCUT2D eigenvalue weighted by molar-refractivity contribution is 6.02. The van der Waals surface area contributed by atoms with Crippen molar-refractivity contribution >= 4 is 21.5 Å². The lowest BCUT2D eigenvalue weighted by Crippen LogP contribution is -1.86. The molecule has 0 saturated heterocycles. The van der Waals surface area contributed by atoms with Crippen molar-refractivity contribution in [2.24, 2.45) is 0 Å². The Morgan fingerprint density at radius 1 is 0.833 bits per heavy atom. The minimum atomic E-state index is 0.749. The SMILES string of the molecule is Cc1cccc2cc3c(C#N)ccc(C)c3cc12. The van der Waals surface area contributed by atoms with Gasteiger partial charge >= 0.3 is 0 Å². The summed E-state index contributed by atoms with van der Waals surface area (Å²) in [6, 6.07) is 16.8. The van der Waals surface area contributed by atoms with Gasteiger partial charge in [0, 0.05) is 5.39 Å². The zero-order valence-electron chi connectivity index (χ0n) is 10.5. The Hall–Kier alpha value is -2.33. The molecule has 1 nitrogen and oxygen atoms in total. The van der Waals surface area contributed by atoms with Crippen LogP contribution in [0.4, 0.5) is 0 Å². The molecule has 0 aromatic heterocycles. The summed E-state index contributed by atoms with van der Waals surface area (Å²) < 4.78 is 0. The van der Waals surface area contributed by atoms with E-state index in [1.807, 2.05) is 12.1 Å².